The molecular formula is C30H30N4O4. The van der Waals surface area contributed by atoms with E-state index in [4.69, 9.17) is 14.5 Å². The van der Waals surface area contributed by atoms with Gasteiger partial charge in [-0.15, -0.1) is 0 Å². The number of aromatic nitrogens is 1. The van der Waals surface area contributed by atoms with Crippen LogP contribution in [0.3, 0.4) is 0 Å². The number of pyridine rings is 1. The summed E-state index contributed by atoms with van der Waals surface area (Å²) in [5.41, 5.74) is 6.56. The van der Waals surface area contributed by atoms with Gasteiger partial charge in [-0.3, -0.25) is 10.2 Å². The highest BCUT2D eigenvalue weighted by molar-refractivity contribution is 6.10. The predicted octanol–water partition coefficient (Wildman–Crippen LogP) is 5.09. The first-order chi connectivity index (χ1) is 18.7. The second kappa shape index (κ2) is 11.9. The number of anilines is 1. The normalized spacial score (nSPS) is 13.7. The van der Waals surface area contributed by atoms with E-state index in [9.17, 15) is 9.59 Å². The molecule has 0 unspecified atom stereocenters. The van der Waals surface area contributed by atoms with Gasteiger partial charge in [-0.2, -0.15) is 5.01 Å². The average Bonchev–Trinajstić information content (AvgIpc) is 2.99. The molecule has 0 radical (unpaired) electrons. The lowest BCUT2D eigenvalue weighted by atomic mass is 9.96. The molecule has 38 heavy (non-hydrogen) atoms. The van der Waals surface area contributed by atoms with Gasteiger partial charge in [-0.1, -0.05) is 66.7 Å². The van der Waals surface area contributed by atoms with Gasteiger partial charge in [-0.05, 0) is 44.1 Å². The van der Waals surface area contributed by atoms with Crippen molar-refractivity contribution in [3.05, 3.63) is 96.1 Å². The molecule has 8 nitrogen and oxygen atoms in total. The number of amides is 2. The van der Waals surface area contributed by atoms with Gasteiger partial charge in [0.25, 0.3) is 5.91 Å². The molecule has 0 spiro atoms. The molecule has 8 heteroatoms. The Morgan fingerprint density at radius 2 is 1.61 bits per heavy atom. The Kier molecular flexibility index (Phi) is 7.92. The summed E-state index contributed by atoms with van der Waals surface area (Å²) in [4.78, 5) is 31.7. The number of carbonyl (C=O) groups excluding carboxylic acids is 2. The van der Waals surface area contributed by atoms with Crippen LogP contribution in [0.5, 0.6) is 0 Å². The van der Waals surface area contributed by atoms with Crippen molar-refractivity contribution in [3.63, 3.8) is 0 Å². The van der Waals surface area contributed by atoms with Crippen LogP contribution in [0, 0.1) is 0 Å². The van der Waals surface area contributed by atoms with Crippen LogP contribution >= 0.6 is 0 Å². The number of benzene rings is 3. The second-order valence-corrected chi connectivity index (χ2v) is 9.04. The van der Waals surface area contributed by atoms with Crippen LogP contribution in [0.4, 0.5) is 10.5 Å². The molecule has 4 aromatic rings. The molecule has 1 aromatic heterocycles. The van der Waals surface area contributed by atoms with E-state index in [0.717, 1.165) is 36.5 Å². The number of hydrogen-bond acceptors (Lipinski definition) is 6. The minimum Gasteiger partial charge on any atom is -0.451 e. The molecule has 2 amide bonds. The molecule has 1 aliphatic heterocycles. The van der Waals surface area contributed by atoms with Gasteiger partial charge in [0.2, 0.25) is 0 Å². The van der Waals surface area contributed by atoms with Crippen LogP contribution in [0.1, 0.15) is 28.8 Å². The molecular weight excluding hydrogens is 480 g/mol. The molecule has 0 saturated carbocycles. The number of para-hydroxylation sites is 2. The smallest absolute Gasteiger partial charge is 0.433 e. The summed E-state index contributed by atoms with van der Waals surface area (Å²) in [6, 6.07) is 26.1. The van der Waals surface area contributed by atoms with E-state index < -0.39 is 12.0 Å². The van der Waals surface area contributed by atoms with E-state index in [1.54, 1.807) is 24.3 Å². The SMILES string of the molecule is COC(=O)N(NC(=O)c1c(COC2CCNCC2)c(-c2ccccc2)nc2ccccc12)c1ccccc1. The molecule has 3 aromatic carbocycles. The van der Waals surface area contributed by atoms with Gasteiger partial charge in [0.15, 0.2) is 0 Å². The average molecular weight is 511 g/mol. The highest BCUT2D eigenvalue weighted by Crippen LogP contribution is 2.32. The molecule has 1 aliphatic rings. The van der Waals surface area contributed by atoms with Crippen molar-refractivity contribution in [2.45, 2.75) is 25.6 Å². The molecule has 0 bridgehead atoms. The van der Waals surface area contributed by atoms with Crippen LogP contribution in [-0.2, 0) is 16.1 Å². The van der Waals surface area contributed by atoms with Crippen molar-refractivity contribution >= 4 is 28.6 Å². The van der Waals surface area contributed by atoms with E-state index in [1.165, 1.54) is 7.11 Å². The van der Waals surface area contributed by atoms with Crippen molar-refractivity contribution < 1.29 is 19.1 Å². The third-order valence-electron chi connectivity index (χ3n) is 6.60. The number of rotatable bonds is 6. The number of nitrogens with zero attached hydrogens (tertiary/aromatic N) is 2. The molecule has 1 fully saturated rings. The minimum atomic E-state index is -0.710. The molecule has 5 rings (SSSR count). The van der Waals surface area contributed by atoms with E-state index >= 15 is 0 Å². The fraction of sp³-hybridized carbons (Fsp3) is 0.233. The Hall–Kier alpha value is -4.27. The van der Waals surface area contributed by atoms with Gasteiger partial charge in [0.05, 0.1) is 42.3 Å². The Morgan fingerprint density at radius 1 is 0.947 bits per heavy atom. The first-order valence-electron chi connectivity index (χ1n) is 12.7. The summed E-state index contributed by atoms with van der Waals surface area (Å²) in [5.74, 6) is -0.459. The maximum absolute atomic E-state index is 14.1. The summed E-state index contributed by atoms with van der Waals surface area (Å²) in [6.45, 7) is 1.99. The quantitative estimate of drug-likeness (QED) is 0.351. The number of ether oxygens (including phenoxy) is 2. The maximum Gasteiger partial charge on any atom is 0.433 e. The molecule has 2 heterocycles. The largest absolute Gasteiger partial charge is 0.451 e. The van der Waals surface area contributed by atoms with Crippen molar-refractivity contribution in [2.24, 2.45) is 0 Å². The van der Waals surface area contributed by atoms with Crippen molar-refractivity contribution in [1.82, 2.24) is 15.7 Å². The number of nitrogens with one attached hydrogen (secondary N) is 2. The summed E-state index contributed by atoms with van der Waals surface area (Å²) in [6.07, 6.45) is 1.16. The highest BCUT2D eigenvalue weighted by atomic mass is 16.5. The lowest BCUT2D eigenvalue weighted by molar-refractivity contribution is 0.0210. The lowest BCUT2D eigenvalue weighted by Gasteiger charge is -2.26. The number of carbonyl (C=O) groups is 2. The lowest BCUT2D eigenvalue weighted by Crippen LogP contribution is -2.47. The Bertz CT molecular complexity index is 1410. The molecule has 0 atom stereocenters. The zero-order chi connectivity index (χ0) is 26.3. The van der Waals surface area contributed by atoms with Gasteiger partial charge in [-0.25, -0.2) is 9.78 Å². The summed E-state index contributed by atoms with van der Waals surface area (Å²) in [5, 5.41) is 5.13. The minimum absolute atomic E-state index is 0.0816. The molecule has 0 aliphatic carbocycles. The molecule has 194 valence electrons. The molecule has 2 N–H and O–H groups in total. The monoisotopic (exact) mass is 510 g/mol. The van der Waals surface area contributed by atoms with Gasteiger partial charge in [0.1, 0.15) is 0 Å². The number of fused-ring (bicyclic) bond motifs is 1. The topological polar surface area (TPSA) is 92.8 Å². The summed E-state index contributed by atoms with van der Waals surface area (Å²) >= 11 is 0. The maximum atomic E-state index is 14.1. The van der Waals surface area contributed by atoms with Crippen molar-refractivity contribution in [2.75, 3.05) is 25.2 Å². The zero-order valence-corrected chi connectivity index (χ0v) is 21.2. The first-order valence-corrected chi connectivity index (χ1v) is 12.7. The van der Waals surface area contributed by atoms with Crippen molar-refractivity contribution in [1.29, 1.82) is 0 Å². The Balaban J connectivity index is 1.62. The van der Waals surface area contributed by atoms with Gasteiger partial charge in [0, 0.05) is 16.5 Å². The summed E-state index contributed by atoms with van der Waals surface area (Å²) < 4.78 is 11.3. The fourth-order valence-corrected chi connectivity index (χ4v) is 4.69. The van der Waals surface area contributed by atoms with Crippen LogP contribution in [-0.4, -0.2) is 43.3 Å². The third-order valence-corrected chi connectivity index (χ3v) is 6.60. The second-order valence-electron chi connectivity index (χ2n) is 9.04. The van der Waals surface area contributed by atoms with Crippen LogP contribution in [0.2, 0.25) is 0 Å². The van der Waals surface area contributed by atoms with Crippen LogP contribution < -0.4 is 15.8 Å². The molecule has 1 saturated heterocycles. The number of piperidine rings is 1. The van der Waals surface area contributed by atoms with E-state index in [-0.39, 0.29) is 12.7 Å². The van der Waals surface area contributed by atoms with Crippen LogP contribution in [0.15, 0.2) is 84.9 Å². The highest BCUT2D eigenvalue weighted by Gasteiger charge is 2.27. The standard InChI is InChI=1S/C30H30N4O4/c1-37-30(36)34(22-12-6-3-7-13-22)33-29(35)27-24-14-8-9-15-26(24)32-28(21-10-4-2-5-11-21)25(27)20-38-23-16-18-31-19-17-23/h2-15,23,31H,16-20H2,1H3,(H,33,35). The Morgan fingerprint density at radius 3 is 2.32 bits per heavy atom. The predicted molar refractivity (Wildman–Crippen MR) is 147 cm³/mol. The number of methoxy groups -OCH3 is 1. The van der Waals surface area contributed by atoms with Gasteiger partial charge >= 0.3 is 6.09 Å². The fourth-order valence-electron chi connectivity index (χ4n) is 4.69. The summed E-state index contributed by atoms with van der Waals surface area (Å²) in [7, 11) is 1.28. The van der Waals surface area contributed by atoms with E-state index in [1.807, 2.05) is 60.7 Å². The van der Waals surface area contributed by atoms with E-state index in [0.29, 0.717) is 33.4 Å². The first kappa shape index (κ1) is 25.4. The van der Waals surface area contributed by atoms with Gasteiger partial charge < -0.3 is 14.8 Å². The number of hydrogen-bond donors (Lipinski definition) is 2. The van der Waals surface area contributed by atoms with E-state index in [2.05, 4.69) is 10.7 Å². The number of hydrazine groups is 1. The van der Waals surface area contributed by atoms with Crippen molar-refractivity contribution in [3.8, 4) is 11.3 Å². The Labute approximate surface area is 221 Å². The van der Waals surface area contributed by atoms with Crippen LogP contribution in [0.25, 0.3) is 22.2 Å². The zero-order valence-electron chi connectivity index (χ0n) is 21.2. The third kappa shape index (κ3) is 5.51.